The quantitative estimate of drug-likeness (QED) is 0.256. The van der Waals surface area contributed by atoms with Crippen molar-refractivity contribution in [3.63, 3.8) is 0 Å². The fraction of sp³-hybridized carbons (Fsp3) is 0.667. The predicted octanol–water partition coefficient (Wildman–Crippen LogP) is -7.53. The van der Waals surface area contributed by atoms with Crippen molar-refractivity contribution in [2.45, 2.75) is 52.1 Å². The second kappa shape index (κ2) is 20.4. The maximum absolute atomic E-state index is 9.34. The summed E-state index contributed by atoms with van der Waals surface area (Å²) in [6.45, 7) is 4.54. The van der Waals surface area contributed by atoms with Gasteiger partial charge in [0.25, 0.3) is 0 Å². The first kappa shape index (κ1) is 34.7. The van der Waals surface area contributed by atoms with Crippen molar-refractivity contribution in [3.05, 3.63) is 0 Å². The third-order valence-corrected chi connectivity index (χ3v) is 1.36. The van der Waals surface area contributed by atoms with Crippen LogP contribution in [0.15, 0.2) is 0 Å². The molecule has 0 aliphatic rings. The zero-order valence-corrected chi connectivity index (χ0v) is 16.1. The van der Waals surface area contributed by atoms with Gasteiger partial charge in [0.1, 0.15) is 0 Å². The van der Waals surface area contributed by atoms with Crippen molar-refractivity contribution in [2.24, 2.45) is 0 Å². The van der Waals surface area contributed by atoms with E-state index in [4.69, 9.17) is 20.4 Å². The fourth-order valence-electron chi connectivity index (χ4n) is 0. The molecule has 0 saturated carbocycles. The molecule has 4 atom stereocenters. The van der Waals surface area contributed by atoms with Crippen LogP contribution in [0, 0.1) is 0 Å². The number of hydrogen-bond acceptors (Lipinski definition) is 12. The van der Waals surface area contributed by atoms with Gasteiger partial charge >= 0.3 is 20.1 Å². The maximum Gasteiger partial charge on any atom is 4.00 e. The molecule has 0 rings (SSSR count). The second-order valence-electron chi connectivity index (χ2n) is 3.98. The van der Waals surface area contributed by atoms with Crippen LogP contribution in [-0.4, -0.2) is 68.7 Å². The molecule has 1 radical (unpaired) electrons. The molecule has 25 heavy (non-hydrogen) atoms. The average molecular weight is 548 g/mol. The minimum atomic E-state index is -1.44. The molecule has 0 aliphatic heterocycles. The number of carboxylic acid groups (broad SMARTS) is 4. The van der Waals surface area contributed by atoms with E-state index in [1.54, 1.807) is 0 Å². The van der Waals surface area contributed by atoms with Crippen LogP contribution in [-0.2, 0) is 39.3 Å². The smallest absolute Gasteiger partial charge is 0.547 e. The van der Waals surface area contributed by atoms with Crippen LogP contribution >= 0.6 is 0 Å². The van der Waals surface area contributed by atoms with Gasteiger partial charge < -0.3 is 60.0 Å². The molecule has 0 amide bonds. The number of aliphatic hydroxyl groups excluding tert-OH is 4. The second-order valence-corrected chi connectivity index (χ2v) is 3.98. The van der Waals surface area contributed by atoms with E-state index in [9.17, 15) is 39.6 Å². The van der Waals surface area contributed by atoms with E-state index in [1.165, 1.54) is 0 Å². The first-order valence-corrected chi connectivity index (χ1v) is 6.13. The van der Waals surface area contributed by atoms with Crippen molar-refractivity contribution in [1.82, 2.24) is 0 Å². The maximum atomic E-state index is 9.34. The number of carbonyl (C=O) groups is 4. The number of carboxylic acids is 4. The third kappa shape index (κ3) is 45.0. The Morgan fingerprint density at radius 2 is 0.560 bits per heavy atom. The minimum absolute atomic E-state index is 0. The molecule has 149 valence electrons. The van der Waals surface area contributed by atoms with Gasteiger partial charge in [0.15, 0.2) is 0 Å². The van der Waals surface area contributed by atoms with E-state index >= 15 is 0 Å². The van der Waals surface area contributed by atoms with Gasteiger partial charge in [0.2, 0.25) is 0 Å². The number of aliphatic hydroxyl groups is 4. The van der Waals surface area contributed by atoms with Crippen molar-refractivity contribution >= 4 is 23.9 Å². The molecular formula is C12H20IrO12. The van der Waals surface area contributed by atoms with Crippen LogP contribution in [0.2, 0.25) is 0 Å². The van der Waals surface area contributed by atoms with E-state index < -0.39 is 48.3 Å². The monoisotopic (exact) mass is 549 g/mol. The minimum Gasteiger partial charge on any atom is -0.547 e. The van der Waals surface area contributed by atoms with E-state index in [0.29, 0.717) is 0 Å². The normalized spacial score (nSPS) is 13.1. The van der Waals surface area contributed by atoms with Gasteiger partial charge in [-0.1, -0.05) is 0 Å². The molecule has 0 aromatic carbocycles. The van der Waals surface area contributed by atoms with Gasteiger partial charge in [-0.3, -0.25) is 0 Å². The Bertz CT molecular complexity index is 306. The Morgan fingerprint density at radius 3 is 0.560 bits per heavy atom. The molecule has 0 fully saturated rings. The predicted molar refractivity (Wildman–Crippen MR) is 66.8 cm³/mol. The standard InChI is InChI=1S/4C3H6O3.Ir/c4*1-2(4)3(5)6;/h4*2,4H,1H3,(H,5,6);/q;;;;+4/p-4. The van der Waals surface area contributed by atoms with Gasteiger partial charge in [-0.2, -0.15) is 0 Å². The Labute approximate surface area is 156 Å². The summed E-state index contributed by atoms with van der Waals surface area (Å²) in [6.07, 6.45) is -5.37. The molecule has 0 spiro atoms. The summed E-state index contributed by atoms with van der Waals surface area (Å²) in [7, 11) is 0. The van der Waals surface area contributed by atoms with Crippen LogP contribution in [0.5, 0.6) is 0 Å². The molecule has 0 saturated heterocycles. The summed E-state index contributed by atoms with van der Waals surface area (Å²) in [5.41, 5.74) is 0. The van der Waals surface area contributed by atoms with Gasteiger partial charge in [0, 0.05) is 0 Å². The molecule has 13 heteroatoms. The summed E-state index contributed by atoms with van der Waals surface area (Å²) in [4.78, 5) is 37.4. The molecule has 12 nitrogen and oxygen atoms in total. The van der Waals surface area contributed by atoms with E-state index in [-0.39, 0.29) is 20.1 Å². The Balaban J connectivity index is -0.0000000702. The summed E-state index contributed by atoms with van der Waals surface area (Å²) in [5, 5.41) is 69.2. The van der Waals surface area contributed by atoms with Crippen LogP contribution in [0.25, 0.3) is 0 Å². The SMILES string of the molecule is CC(O)C(=O)[O-].CC(O)C(=O)[O-].CC(O)C(=O)[O-].CC(O)C(=O)[O-].[Ir+4]. The van der Waals surface area contributed by atoms with Crippen molar-refractivity contribution in [2.75, 3.05) is 0 Å². The van der Waals surface area contributed by atoms with Crippen molar-refractivity contribution < 1.29 is 80.1 Å². The fourth-order valence-corrected chi connectivity index (χ4v) is 0. The van der Waals surface area contributed by atoms with Crippen LogP contribution < -0.4 is 20.4 Å². The topological polar surface area (TPSA) is 241 Å². The average Bonchev–Trinajstić information content (AvgIpc) is 2.40. The Kier molecular flexibility index (Phi) is 28.3. The molecule has 0 aliphatic carbocycles. The molecule has 0 bridgehead atoms. The van der Waals surface area contributed by atoms with Gasteiger partial charge in [0.05, 0.1) is 48.3 Å². The summed E-state index contributed by atoms with van der Waals surface area (Å²) in [6, 6.07) is 0. The van der Waals surface area contributed by atoms with Crippen molar-refractivity contribution in [3.8, 4) is 0 Å². The third-order valence-electron chi connectivity index (χ3n) is 1.36. The van der Waals surface area contributed by atoms with Gasteiger partial charge in [-0.25, -0.2) is 0 Å². The number of aliphatic carboxylic acids is 4. The Hall–Kier alpha value is -1.63. The summed E-state index contributed by atoms with van der Waals surface area (Å²) >= 11 is 0. The molecule has 0 aromatic rings. The number of hydrogen-bond donors (Lipinski definition) is 4. The summed E-state index contributed by atoms with van der Waals surface area (Å²) < 4.78 is 0. The van der Waals surface area contributed by atoms with Crippen molar-refractivity contribution in [1.29, 1.82) is 0 Å². The number of carbonyl (C=O) groups excluding carboxylic acids is 4. The summed E-state index contributed by atoms with van der Waals surface area (Å²) in [5.74, 6) is -5.74. The largest absolute Gasteiger partial charge is 4.00 e. The van der Waals surface area contributed by atoms with Crippen LogP contribution in [0.1, 0.15) is 27.7 Å². The van der Waals surface area contributed by atoms with E-state index in [0.717, 1.165) is 27.7 Å². The molecular weight excluding hydrogens is 528 g/mol. The zero-order valence-electron chi connectivity index (χ0n) is 13.7. The van der Waals surface area contributed by atoms with Crippen LogP contribution in [0.3, 0.4) is 0 Å². The molecule has 0 heterocycles. The zero-order chi connectivity index (χ0) is 20.6. The van der Waals surface area contributed by atoms with E-state index in [2.05, 4.69) is 0 Å². The number of rotatable bonds is 4. The molecule has 0 aromatic heterocycles. The molecule has 4 N–H and O–H groups in total. The first-order valence-electron chi connectivity index (χ1n) is 6.13. The Morgan fingerprint density at radius 1 is 0.520 bits per heavy atom. The molecule has 4 unspecified atom stereocenters. The van der Waals surface area contributed by atoms with Crippen LogP contribution in [0.4, 0.5) is 0 Å². The van der Waals surface area contributed by atoms with E-state index in [1.807, 2.05) is 0 Å². The van der Waals surface area contributed by atoms with Gasteiger partial charge in [-0.05, 0) is 27.7 Å². The van der Waals surface area contributed by atoms with Gasteiger partial charge in [-0.15, -0.1) is 0 Å². The first-order chi connectivity index (χ1) is 10.6.